The van der Waals surface area contributed by atoms with E-state index >= 15 is 0 Å². The molecule has 3 aromatic carbocycles. The average Bonchev–Trinajstić information content (AvgIpc) is 2.80. The van der Waals surface area contributed by atoms with Crippen LogP contribution in [0.2, 0.25) is 5.02 Å². The Labute approximate surface area is 202 Å². The standard InChI is InChI=1S/C27H23ClN2O4/c1-3-34-24-15-18(11-12-20(24)16-19-8-4-5-10-23(19)28)14-22-25(31)29-27(33)30(26(22)32)21-9-6-7-17(2)13-21/h4-15H,3,16H2,1-2H3,(H,29,31,33)/b22-14+. The fraction of sp³-hybridized carbons (Fsp3) is 0.148. The summed E-state index contributed by atoms with van der Waals surface area (Å²) in [5.74, 6) is -0.790. The summed E-state index contributed by atoms with van der Waals surface area (Å²) in [5.41, 5.74) is 3.63. The Morgan fingerprint density at radius 3 is 2.50 bits per heavy atom. The minimum Gasteiger partial charge on any atom is -0.494 e. The van der Waals surface area contributed by atoms with Crippen molar-refractivity contribution in [2.24, 2.45) is 0 Å². The van der Waals surface area contributed by atoms with Crippen molar-refractivity contribution >= 4 is 41.2 Å². The van der Waals surface area contributed by atoms with Crippen molar-refractivity contribution in [3.05, 3.63) is 99.6 Å². The lowest BCUT2D eigenvalue weighted by atomic mass is 10.0. The summed E-state index contributed by atoms with van der Waals surface area (Å²) in [5, 5.41) is 2.92. The molecule has 4 rings (SSSR count). The molecule has 1 heterocycles. The molecule has 1 fully saturated rings. The zero-order valence-electron chi connectivity index (χ0n) is 18.8. The number of benzene rings is 3. The SMILES string of the molecule is CCOc1cc(/C=C2\C(=O)NC(=O)N(c3cccc(C)c3)C2=O)ccc1Cc1ccccc1Cl. The van der Waals surface area contributed by atoms with E-state index in [1.165, 1.54) is 6.08 Å². The molecule has 3 aromatic rings. The molecule has 7 heteroatoms. The third-order valence-corrected chi connectivity index (χ3v) is 5.77. The molecule has 1 N–H and O–H groups in total. The van der Waals surface area contributed by atoms with Crippen LogP contribution in [-0.2, 0) is 16.0 Å². The minimum absolute atomic E-state index is 0.137. The predicted molar refractivity (Wildman–Crippen MR) is 132 cm³/mol. The Kier molecular flexibility index (Phi) is 6.80. The summed E-state index contributed by atoms with van der Waals surface area (Å²) < 4.78 is 5.83. The van der Waals surface area contributed by atoms with Gasteiger partial charge < -0.3 is 4.74 Å². The van der Waals surface area contributed by atoms with E-state index in [2.05, 4.69) is 5.32 Å². The Bertz CT molecular complexity index is 1320. The molecule has 0 unspecified atom stereocenters. The molecule has 172 valence electrons. The summed E-state index contributed by atoms with van der Waals surface area (Å²) in [6.45, 7) is 4.19. The van der Waals surface area contributed by atoms with Crippen LogP contribution in [-0.4, -0.2) is 24.5 Å². The molecule has 0 spiro atoms. The van der Waals surface area contributed by atoms with Crippen molar-refractivity contribution in [1.29, 1.82) is 0 Å². The maximum absolute atomic E-state index is 13.1. The number of amides is 4. The van der Waals surface area contributed by atoms with Gasteiger partial charge in [0.15, 0.2) is 0 Å². The number of aryl methyl sites for hydroxylation is 1. The summed E-state index contributed by atoms with van der Waals surface area (Å²) in [4.78, 5) is 39.1. The second-order valence-corrected chi connectivity index (χ2v) is 8.27. The Morgan fingerprint density at radius 2 is 1.76 bits per heavy atom. The van der Waals surface area contributed by atoms with Crippen molar-refractivity contribution in [2.45, 2.75) is 20.3 Å². The van der Waals surface area contributed by atoms with Gasteiger partial charge in [0.05, 0.1) is 12.3 Å². The number of hydrogen-bond donors (Lipinski definition) is 1. The van der Waals surface area contributed by atoms with E-state index in [0.29, 0.717) is 35.1 Å². The largest absolute Gasteiger partial charge is 0.494 e. The maximum atomic E-state index is 13.1. The number of hydrogen-bond acceptors (Lipinski definition) is 4. The molecule has 1 saturated heterocycles. The number of ether oxygens (including phenoxy) is 1. The molecule has 0 bridgehead atoms. The molecule has 0 radical (unpaired) electrons. The number of carbonyl (C=O) groups is 3. The number of carbonyl (C=O) groups excluding carboxylic acids is 3. The second-order valence-electron chi connectivity index (χ2n) is 7.87. The lowest BCUT2D eigenvalue weighted by Crippen LogP contribution is -2.54. The van der Waals surface area contributed by atoms with E-state index in [9.17, 15) is 14.4 Å². The van der Waals surface area contributed by atoms with Gasteiger partial charge in [-0.3, -0.25) is 14.9 Å². The summed E-state index contributed by atoms with van der Waals surface area (Å²) in [6.07, 6.45) is 2.04. The first kappa shape index (κ1) is 23.3. The monoisotopic (exact) mass is 474 g/mol. The predicted octanol–water partition coefficient (Wildman–Crippen LogP) is 5.30. The third kappa shape index (κ3) is 4.87. The van der Waals surface area contributed by atoms with Crippen LogP contribution in [0, 0.1) is 6.92 Å². The smallest absolute Gasteiger partial charge is 0.335 e. The van der Waals surface area contributed by atoms with Gasteiger partial charge in [-0.1, -0.05) is 54.1 Å². The van der Waals surface area contributed by atoms with Gasteiger partial charge in [-0.25, -0.2) is 9.69 Å². The average molecular weight is 475 g/mol. The van der Waals surface area contributed by atoms with E-state index in [-0.39, 0.29) is 5.57 Å². The third-order valence-electron chi connectivity index (χ3n) is 5.40. The molecule has 1 aliphatic heterocycles. The van der Waals surface area contributed by atoms with Crippen molar-refractivity contribution in [3.8, 4) is 5.75 Å². The highest BCUT2D eigenvalue weighted by Gasteiger charge is 2.36. The first-order chi connectivity index (χ1) is 16.4. The fourth-order valence-corrected chi connectivity index (χ4v) is 3.97. The van der Waals surface area contributed by atoms with Gasteiger partial charge in [-0.15, -0.1) is 0 Å². The van der Waals surface area contributed by atoms with Crippen LogP contribution < -0.4 is 15.0 Å². The molecule has 0 aromatic heterocycles. The maximum Gasteiger partial charge on any atom is 0.335 e. The zero-order chi connectivity index (χ0) is 24.2. The molecule has 4 amide bonds. The van der Waals surface area contributed by atoms with Crippen molar-refractivity contribution in [3.63, 3.8) is 0 Å². The summed E-state index contributed by atoms with van der Waals surface area (Å²) in [7, 11) is 0. The number of anilines is 1. The van der Waals surface area contributed by atoms with Crippen LogP contribution in [0.1, 0.15) is 29.2 Å². The highest BCUT2D eigenvalue weighted by atomic mass is 35.5. The molecular weight excluding hydrogens is 452 g/mol. The summed E-state index contributed by atoms with van der Waals surface area (Å²) >= 11 is 6.32. The Balaban J connectivity index is 1.68. The van der Waals surface area contributed by atoms with Crippen LogP contribution >= 0.6 is 11.6 Å². The first-order valence-electron chi connectivity index (χ1n) is 10.8. The van der Waals surface area contributed by atoms with Crippen LogP contribution in [0.4, 0.5) is 10.5 Å². The lowest BCUT2D eigenvalue weighted by Gasteiger charge is -2.26. The number of urea groups is 1. The number of rotatable bonds is 6. The molecule has 0 atom stereocenters. The Hall–Kier alpha value is -3.90. The molecule has 34 heavy (non-hydrogen) atoms. The molecular formula is C27H23ClN2O4. The molecule has 1 aliphatic rings. The van der Waals surface area contributed by atoms with Gasteiger partial charge >= 0.3 is 6.03 Å². The van der Waals surface area contributed by atoms with Crippen LogP contribution in [0.3, 0.4) is 0 Å². The Morgan fingerprint density at radius 1 is 0.971 bits per heavy atom. The van der Waals surface area contributed by atoms with Gasteiger partial charge in [0, 0.05) is 11.4 Å². The number of nitrogens with zero attached hydrogens (tertiary/aromatic N) is 1. The first-order valence-corrected chi connectivity index (χ1v) is 11.2. The highest BCUT2D eigenvalue weighted by Crippen LogP contribution is 2.28. The van der Waals surface area contributed by atoms with Crippen LogP contribution in [0.15, 0.2) is 72.3 Å². The van der Waals surface area contributed by atoms with Crippen molar-refractivity contribution < 1.29 is 19.1 Å². The molecule has 6 nitrogen and oxygen atoms in total. The van der Waals surface area contributed by atoms with E-state index in [1.54, 1.807) is 30.3 Å². The molecule has 0 saturated carbocycles. The second kappa shape index (κ2) is 9.93. The number of nitrogens with one attached hydrogen (secondary N) is 1. The summed E-state index contributed by atoms with van der Waals surface area (Å²) in [6, 6.07) is 19.2. The molecule has 0 aliphatic carbocycles. The lowest BCUT2D eigenvalue weighted by molar-refractivity contribution is -0.122. The van der Waals surface area contributed by atoms with Crippen LogP contribution in [0.5, 0.6) is 5.75 Å². The van der Waals surface area contributed by atoms with E-state index < -0.39 is 17.8 Å². The number of halogens is 1. The van der Waals surface area contributed by atoms with Gasteiger partial charge in [0.1, 0.15) is 11.3 Å². The van der Waals surface area contributed by atoms with Gasteiger partial charge in [0.25, 0.3) is 11.8 Å². The number of imide groups is 2. The zero-order valence-corrected chi connectivity index (χ0v) is 19.6. The number of barbiturate groups is 1. The van der Waals surface area contributed by atoms with Crippen molar-refractivity contribution in [2.75, 3.05) is 11.5 Å². The van der Waals surface area contributed by atoms with E-state index in [1.807, 2.05) is 50.2 Å². The van der Waals surface area contributed by atoms with Gasteiger partial charge in [-0.2, -0.15) is 0 Å². The van der Waals surface area contributed by atoms with Crippen LogP contribution in [0.25, 0.3) is 6.08 Å². The minimum atomic E-state index is -0.775. The fourth-order valence-electron chi connectivity index (χ4n) is 3.77. The quantitative estimate of drug-likeness (QED) is 0.388. The normalized spacial score (nSPS) is 15.0. The van der Waals surface area contributed by atoms with Crippen molar-refractivity contribution in [1.82, 2.24) is 5.32 Å². The van der Waals surface area contributed by atoms with Gasteiger partial charge in [-0.05, 0) is 66.4 Å². The highest BCUT2D eigenvalue weighted by molar-refractivity contribution is 6.39. The van der Waals surface area contributed by atoms with E-state index in [0.717, 1.165) is 21.6 Å². The van der Waals surface area contributed by atoms with Gasteiger partial charge in [0.2, 0.25) is 0 Å². The topological polar surface area (TPSA) is 75.7 Å². The van der Waals surface area contributed by atoms with E-state index in [4.69, 9.17) is 16.3 Å².